The third-order valence-corrected chi connectivity index (χ3v) is 2.54. The first-order valence-corrected chi connectivity index (χ1v) is 6.71. The van der Waals surface area contributed by atoms with Crippen LogP contribution in [0.3, 0.4) is 0 Å². The smallest absolute Gasteiger partial charge is 0.0316 e. The fraction of sp³-hybridized carbons (Fsp3) is 0.733. The quantitative estimate of drug-likeness (QED) is 0.321. The molecule has 0 amide bonds. The minimum absolute atomic E-state index is 1.17. The van der Waals surface area contributed by atoms with Crippen molar-refractivity contribution in [3.8, 4) is 0 Å². The van der Waals surface area contributed by atoms with Crippen LogP contribution in [0.2, 0.25) is 0 Å². The van der Waals surface area contributed by atoms with Gasteiger partial charge in [-0.3, -0.25) is 0 Å². The van der Waals surface area contributed by atoms with Crippen molar-refractivity contribution >= 4 is 0 Å². The van der Waals surface area contributed by atoms with E-state index < -0.39 is 0 Å². The number of unbranched alkanes of at least 4 members (excludes halogenated alkanes) is 6. The van der Waals surface area contributed by atoms with Crippen molar-refractivity contribution in [3.63, 3.8) is 0 Å². The molecule has 0 fully saturated rings. The highest BCUT2D eigenvalue weighted by Gasteiger charge is 1.86. The molecule has 0 aromatic rings. The van der Waals surface area contributed by atoms with E-state index in [1.54, 1.807) is 0 Å². The lowest BCUT2D eigenvalue weighted by Crippen LogP contribution is -1.75. The van der Waals surface area contributed by atoms with Crippen LogP contribution >= 0.6 is 0 Å². The second-order valence-corrected chi connectivity index (χ2v) is 4.13. The molecule has 0 rings (SSSR count). The Bertz CT molecular complexity index is 153. The van der Waals surface area contributed by atoms with E-state index in [1.165, 1.54) is 57.8 Å². The lowest BCUT2D eigenvalue weighted by molar-refractivity contribution is 0.637. The van der Waals surface area contributed by atoms with Gasteiger partial charge in [-0.1, -0.05) is 63.8 Å². The van der Waals surface area contributed by atoms with Gasteiger partial charge < -0.3 is 0 Å². The van der Waals surface area contributed by atoms with Crippen molar-refractivity contribution in [1.82, 2.24) is 0 Å². The minimum Gasteiger partial charge on any atom is -0.0888 e. The maximum Gasteiger partial charge on any atom is -0.0316 e. The normalized spacial score (nSPS) is 11.9. The molecule has 0 heterocycles. The lowest BCUT2D eigenvalue weighted by Gasteiger charge is -1.95. The Morgan fingerprint density at radius 2 is 1.20 bits per heavy atom. The second-order valence-electron chi connectivity index (χ2n) is 4.13. The fourth-order valence-corrected chi connectivity index (χ4v) is 1.58. The molecule has 0 saturated heterocycles. The average Bonchev–Trinajstić information content (AvgIpc) is 2.26. The summed E-state index contributed by atoms with van der Waals surface area (Å²) < 4.78 is 0. The second kappa shape index (κ2) is 13.5. The number of rotatable bonds is 10. The van der Waals surface area contributed by atoms with Crippen LogP contribution in [0.5, 0.6) is 0 Å². The Kier molecular flexibility index (Phi) is 13.0. The maximum absolute atomic E-state index is 2.35. The van der Waals surface area contributed by atoms with Crippen molar-refractivity contribution < 1.29 is 0 Å². The van der Waals surface area contributed by atoms with Gasteiger partial charge in [0.15, 0.2) is 0 Å². The molecule has 0 aromatic heterocycles. The molecule has 0 saturated carbocycles. The molecule has 0 aliphatic carbocycles. The van der Waals surface area contributed by atoms with Gasteiger partial charge >= 0.3 is 0 Å². The summed E-state index contributed by atoms with van der Waals surface area (Å²) >= 11 is 0. The first-order valence-electron chi connectivity index (χ1n) is 6.71. The van der Waals surface area contributed by atoms with Crippen LogP contribution in [0.4, 0.5) is 0 Å². The standard InChI is InChI=1S/C15H28/c1-3-5-7-9-11-13-15-14-12-10-8-6-4-2/h5,7,13,15H,3-4,6,8-12,14H2,1-2H3/b7-5+,15-13+. The van der Waals surface area contributed by atoms with Crippen molar-refractivity contribution in [2.45, 2.75) is 71.6 Å². The predicted octanol–water partition coefficient (Wildman–Crippen LogP) is 5.65. The molecule has 15 heavy (non-hydrogen) atoms. The van der Waals surface area contributed by atoms with Gasteiger partial charge in [0.05, 0.1) is 0 Å². The molecule has 0 unspecified atom stereocenters. The third-order valence-electron chi connectivity index (χ3n) is 2.54. The predicted molar refractivity (Wildman–Crippen MR) is 71.2 cm³/mol. The van der Waals surface area contributed by atoms with Gasteiger partial charge in [-0.25, -0.2) is 0 Å². The van der Waals surface area contributed by atoms with Gasteiger partial charge in [0.25, 0.3) is 0 Å². The molecule has 88 valence electrons. The van der Waals surface area contributed by atoms with Crippen molar-refractivity contribution in [3.05, 3.63) is 24.3 Å². The zero-order chi connectivity index (χ0) is 11.2. The van der Waals surface area contributed by atoms with E-state index in [2.05, 4.69) is 38.2 Å². The highest BCUT2D eigenvalue weighted by Crippen LogP contribution is 2.05. The Labute approximate surface area is 96.5 Å². The van der Waals surface area contributed by atoms with E-state index in [0.29, 0.717) is 0 Å². The van der Waals surface area contributed by atoms with Gasteiger partial charge in [0.2, 0.25) is 0 Å². The SMILES string of the molecule is CC/C=C/CC/C=C/CCCCCCC. The summed E-state index contributed by atoms with van der Waals surface area (Å²) in [6.07, 6.45) is 21.0. The first-order chi connectivity index (χ1) is 7.41. The Hall–Kier alpha value is -0.520. The van der Waals surface area contributed by atoms with E-state index in [9.17, 15) is 0 Å². The Morgan fingerprint density at radius 1 is 0.600 bits per heavy atom. The van der Waals surface area contributed by atoms with Gasteiger partial charge in [-0.05, 0) is 32.1 Å². The zero-order valence-electron chi connectivity index (χ0n) is 10.7. The van der Waals surface area contributed by atoms with E-state index >= 15 is 0 Å². The molecular formula is C15H28. The molecular weight excluding hydrogens is 180 g/mol. The summed E-state index contributed by atoms with van der Waals surface area (Å²) in [7, 11) is 0. The molecule has 0 nitrogen and oxygen atoms in total. The van der Waals surface area contributed by atoms with Gasteiger partial charge in [0, 0.05) is 0 Å². The molecule has 0 bridgehead atoms. The van der Waals surface area contributed by atoms with Gasteiger partial charge in [0.1, 0.15) is 0 Å². The van der Waals surface area contributed by atoms with Crippen LogP contribution in [-0.4, -0.2) is 0 Å². The number of allylic oxidation sites excluding steroid dienone is 4. The van der Waals surface area contributed by atoms with Crippen LogP contribution in [-0.2, 0) is 0 Å². The van der Waals surface area contributed by atoms with Crippen molar-refractivity contribution in [2.24, 2.45) is 0 Å². The highest BCUT2D eigenvalue weighted by molar-refractivity contribution is 4.87. The van der Waals surface area contributed by atoms with Crippen LogP contribution in [0, 0.1) is 0 Å². The van der Waals surface area contributed by atoms with Crippen molar-refractivity contribution in [2.75, 3.05) is 0 Å². The van der Waals surface area contributed by atoms with Gasteiger partial charge in [-0.15, -0.1) is 0 Å². The molecule has 0 aliphatic heterocycles. The number of hydrogen-bond acceptors (Lipinski definition) is 0. The lowest BCUT2D eigenvalue weighted by atomic mass is 10.1. The molecule has 0 N–H and O–H groups in total. The maximum atomic E-state index is 2.35. The van der Waals surface area contributed by atoms with Crippen LogP contribution in [0.1, 0.15) is 71.6 Å². The summed E-state index contributed by atoms with van der Waals surface area (Å²) in [6.45, 7) is 4.45. The highest BCUT2D eigenvalue weighted by atomic mass is 13.9. The molecule has 0 atom stereocenters. The number of hydrogen-bond donors (Lipinski definition) is 0. The molecule has 0 radical (unpaired) electrons. The van der Waals surface area contributed by atoms with E-state index in [4.69, 9.17) is 0 Å². The largest absolute Gasteiger partial charge is 0.0888 e. The summed E-state index contributed by atoms with van der Waals surface area (Å²) in [5.74, 6) is 0. The van der Waals surface area contributed by atoms with Crippen LogP contribution in [0.25, 0.3) is 0 Å². The summed E-state index contributed by atoms with van der Waals surface area (Å²) in [5, 5.41) is 0. The van der Waals surface area contributed by atoms with Crippen LogP contribution < -0.4 is 0 Å². The first kappa shape index (κ1) is 14.5. The van der Waals surface area contributed by atoms with E-state index in [0.717, 1.165) is 0 Å². The topological polar surface area (TPSA) is 0 Å². The Balaban J connectivity index is 3.07. The zero-order valence-corrected chi connectivity index (χ0v) is 10.7. The molecule has 0 heteroatoms. The van der Waals surface area contributed by atoms with Gasteiger partial charge in [-0.2, -0.15) is 0 Å². The monoisotopic (exact) mass is 208 g/mol. The third kappa shape index (κ3) is 13.5. The molecule has 0 spiro atoms. The summed E-state index contributed by atoms with van der Waals surface area (Å²) in [6, 6.07) is 0. The summed E-state index contributed by atoms with van der Waals surface area (Å²) in [5.41, 5.74) is 0. The van der Waals surface area contributed by atoms with Crippen molar-refractivity contribution in [1.29, 1.82) is 0 Å². The fourth-order valence-electron chi connectivity index (χ4n) is 1.58. The van der Waals surface area contributed by atoms with E-state index in [1.807, 2.05) is 0 Å². The minimum atomic E-state index is 1.17. The Morgan fingerprint density at radius 3 is 1.87 bits per heavy atom. The molecule has 0 aromatic carbocycles. The summed E-state index contributed by atoms with van der Waals surface area (Å²) in [4.78, 5) is 0. The van der Waals surface area contributed by atoms with E-state index in [-0.39, 0.29) is 0 Å². The average molecular weight is 208 g/mol. The van der Waals surface area contributed by atoms with Crippen LogP contribution in [0.15, 0.2) is 24.3 Å². The molecule has 0 aliphatic rings.